The molecule has 2 aromatic carbocycles. The molecule has 3 rings (SSSR count). The molecule has 0 spiro atoms. The molecule has 4 heteroatoms. The Hall–Kier alpha value is -1.22. The van der Waals surface area contributed by atoms with E-state index in [1.807, 2.05) is 18.2 Å². The Morgan fingerprint density at radius 3 is 2.41 bits per heavy atom. The summed E-state index contributed by atoms with van der Waals surface area (Å²) in [7, 11) is 0. The van der Waals surface area contributed by atoms with E-state index in [0.29, 0.717) is 0 Å². The zero-order chi connectivity index (χ0) is 11.8. The quantitative estimate of drug-likeness (QED) is 0.491. The van der Waals surface area contributed by atoms with Crippen molar-refractivity contribution < 1.29 is 4.39 Å². The summed E-state index contributed by atoms with van der Waals surface area (Å²) >= 11 is 5.62. The Morgan fingerprint density at radius 2 is 1.71 bits per heavy atom. The number of aromatic nitrogens is 1. The Balaban J connectivity index is 2.27. The Morgan fingerprint density at radius 1 is 1.00 bits per heavy atom. The second kappa shape index (κ2) is 4.22. The number of rotatable bonds is 1. The first kappa shape index (κ1) is 10.9. The normalized spacial score (nSPS) is 10.9. The van der Waals surface area contributed by atoms with Gasteiger partial charge in [0.2, 0.25) is 0 Å². The average Bonchev–Trinajstić information content (AvgIpc) is 2.69. The SMILES string of the molecule is Fc1ccc(-n2[se]c3ccccc3c2=S)cc1. The molecule has 0 aliphatic carbocycles. The number of halogens is 1. The van der Waals surface area contributed by atoms with Crippen LogP contribution in [0.4, 0.5) is 4.39 Å². The van der Waals surface area contributed by atoms with Gasteiger partial charge in [-0.1, -0.05) is 0 Å². The number of hydrogen-bond acceptors (Lipinski definition) is 1. The number of benzene rings is 2. The van der Waals surface area contributed by atoms with Gasteiger partial charge < -0.3 is 0 Å². The molecule has 0 saturated carbocycles. The second-order valence-electron chi connectivity index (χ2n) is 3.66. The van der Waals surface area contributed by atoms with Gasteiger partial charge in [-0.25, -0.2) is 0 Å². The number of fused-ring (bicyclic) bond motifs is 1. The van der Waals surface area contributed by atoms with Crippen molar-refractivity contribution >= 4 is 36.6 Å². The monoisotopic (exact) mass is 309 g/mol. The Labute approximate surface area is 109 Å². The molecule has 0 amide bonds. The van der Waals surface area contributed by atoms with Gasteiger partial charge in [-0.2, -0.15) is 0 Å². The minimum atomic E-state index is -0.219. The van der Waals surface area contributed by atoms with E-state index in [4.69, 9.17) is 12.2 Å². The molecule has 0 atom stereocenters. The van der Waals surface area contributed by atoms with Crippen LogP contribution in [0, 0.1) is 10.5 Å². The third-order valence-corrected chi connectivity index (χ3v) is 5.58. The zero-order valence-corrected chi connectivity index (χ0v) is 11.3. The van der Waals surface area contributed by atoms with Gasteiger partial charge in [0.25, 0.3) is 0 Å². The summed E-state index contributed by atoms with van der Waals surface area (Å²) in [4.78, 5) is 0. The molecule has 0 saturated heterocycles. The van der Waals surface area contributed by atoms with E-state index in [-0.39, 0.29) is 20.5 Å². The van der Waals surface area contributed by atoms with Gasteiger partial charge in [0, 0.05) is 0 Å². The number of nitrogens with zero attached hydrogens (tertiary/aromatic N) is 1. The van der Waals surface area contributed by atoms with Crippen molar-refractivity contribution in [3.8, 4) is 5.69 Å². The van der Waals surface area contributed by atoms with E-state index in [1.165, 1.54) is 16.4 Å². The van der Waals surface area contributed by atoms with Crippen molar-refractivity contribution in [1.29, 1.82) is 0 Å². The molecule has 0 bridgehead atoms. The maximum absolute atomic E-state index is 12.9. The number of hydrogen-bond donors (Lipinski definition) is 0. The van der Waals surface area contributed by atoms with Gasteiger partial charge in [0.1, 0.15) is 0 Å². The molecule has 3 aromatic rings. The second-order valence-corrected chi connectivity index (χ2v) is 6.12. The molecule has 0 N–H and O–H groups in total. The van der Waals surface area contributed by atoms with E-state index in [1.54, 1.807) is 12.1 Å². The third-order valence-electron chi connectivity index (χ3n) is 2.55. The van der Waals surface area contributed by atoms with Crippen LogP contribution in [0.25, 0.3) is 15.3 Å². The summed E-state index contributed by atoms with van der Waals surface area (Å²) in [6, 6.07) is 14.7. The van der Waals surface area contributed by atoms with Gasteiger partial charge in [0.05, 0.1) is 0 Å². The van der Waals surface area contributed by atoms with Crippen LogP contribution in [0.2, 0.25) is 0 Å². The van der Waals surface area contributed by atoms with Crippen molar-refractivity contribution in [2.75, 3.05) is 0 Å². The molecule has 1 nitrogen and oxygen atoms in total. The molecular formula is C13H8FNSSe. The summed E-state index contributed by atoms with van der Waals surface area (Å²) in [6.07, 6.45) is 0. The van der Waals surface area contributed by atoms with Crippen molar-refractivity contribution in [3.05, 3.63) is 59.0 Å². The zero-order valence-electron chi connectivity index (χ0n) is 8.76. The fraction of sp³-hybridized carbons (Fsp3) is 0. The summed E-state index contributed by atoms with van der Waals surface area (Å²) in [6.45, 7) is 0. The third kappa shape index (κ3) is 1.89. The molecule has 0 unspecified atom stereocenters. The Bertz CT molecular complexity index is 727. The van der Waals surface area contributed by atoms with E-state index in [9.17, 15) is 4.39 Å². The minimum absolute atomic E-state index is 0.158. The van der Waals surface area contributed by atoms with E-state index in [0.717, 1.165) is 15.7 Å². The Kier molecular flexibility index (Phi) is 2.71. The standard InChI is InChI=1S/C13H8FNSSe/c14-9-5-7-10(8-6-9)15-13(16)11-3-1-2-4-12(11)17-15/h1-8H. The average molecular weight is 308 g/mol. The summed E-state index contributed by atoms with van der Waals surface area (Å²) in [5, 5.41) is 1.13. The van der Waals surface area contributed by atoms with E-state index < -0.39 is 0 Å². The van der Waals surface area contributed by atoms with Crippen LogP contribution in [0.1, 0.15) is 0 Å². The van der Waals surface area contributed by atoms with Gasteiger partial charge in [-0.05, 0) is 0 Å². The fourth-order valence-corrected chi connectivity index (χ4v) is 4.46. The summed E-state index contributed by atoms with van der Waals surface area (Å²) in [5.74, 6) is -0.219. The molecule has 1 aromatic heterocycles. The first-order valence-electron chi connectivity index (χ1n) is 5.13. The molecule has 17 heavy (non-hydrogen) atoms. The first-order valence-corrected chi connectivity index (χ1v) is 7.16. The molecule has 0 radical (unpaired) electrons. The first-order chi connectivity index (χ1) is 8.25. The van der Waals surface area contributed by atoms with Crippen LogP contribution >= 0.6 is 12.2 Å². The van der Waals surface area contributed by atoms with Crippen LogP contribution in [0.3, 0.4) is 0 Å². The van der Waals surface area contributed by atoms with Gasteiger partial charge in [-0.3, -0.25) is 0 Å². The molecule has 0 aliphatic heterocycles. The van der Waals surface area contributed by atoms with Crippen LogP contribution in [-0.4, -0.2) is 18.3 Å². The van der Waals surface area contributed by atoms with Crippen molar-refractivity contribution in [1.82, 2.24) is 3.56 Å². The van der Waals surface area contributed by atoms with E-state index in [2.05, 4.69) is 9.63 Å². The van der Waals surface area contributed by atoms with Gasteiger partial charge in [0.15, 0.2) is 0 Å². The molecule has 1 heterocycles. The predicted molar refractivity (Wildman–Crippen MR) is 71.0 cm³/mol. The van der Waals surface area contributed by atoms with Crippen molar-refractivity contribution in [2.45, 2.75) is 0 Å². The molecule has 0 aliphatic rings. The topological polar surface area (TPSA) is 4.93 Å². The van der Waals surface area contributed by atoms with Crippen LogP contribution < -0.4 is 0 Å². The maximum atomic E-state index is 12.9. The van der Waals surface area contributed by atoms with Crippen LogP contribution in [-0.2, 0) is 0 Å². The predicted octanol–water partition coefficient (Wildman–Crippen LogP) is 3.56. The molecular weight excluding hydrogens is 300 g/mol. The van der Waals surface area contributed by atoms with Crippen LogP contribution in [0.15, 0.2) is 48.5 Å². The van der Waals surface area contributed by atoms with Gasteiger partial charge >= 0.3 is 109 Å². The summed E-state index contributed by atoms with van der Waals surface area (Å²) < 4.78 is 17.1. The van der Waals surface area contributed by atoms with Crippen molar-refractivity contribution in [3.63, 3.8) is 0 Å². The van der Waals surface area contributed by atoms with Gasteiger partial charge in [-0.15, -0.1) is 0 Å². The summed E-state index contributed by atoms with van der Waals surface area (Å²) in [5.41, 5.74) is 0.965. The van der Waals surface area contributed by atoms with E-state index >= 15 is 0 Å². The molecule has 0 fully saturated rings. The van der Waals surface area contributed by atoms with Crippen molar-refractivity contribution in [2.24, 2.45) is 0 Å². The molecule has 84 valence electrons. The van der Waals surface area contributed by atoms with Crippen LogP contribution in [0.5, 0.6) is 0 Å². The fourth-order valence-electron chi connectivity index (χ4n) is 1.72.